The van der Waals surface area contributed by atoms with Crippen molar-refractivity contribution in [2.45, 2.75) is 84.2 Å². The number of aryl methyl sites for hydroxylation is 2. The van der Waals surface area contributed by atoms with Crippen LogP contribution in [-0.4, -0.2) is 38.7 Å². The van der Waals surface area contributed by atoms with Crippen LogP contribution in [0.4, 0.5) is 16.3 Å². The molecule has 49 heavy (non-hydrogen) atoms. The predicted octanol–water partition coefficient (Wildman–Crippen LogP) is 9.32. The lowest BCUT2D eigenvalue weighted by molar-refractivity contribution is 0.0523. The number of carbonyl (C=O) groups excluding carboxylic acids is 2. The van der Waals surface area contributed by atoms with E-state index in [4.69, 9.17) is 9.52 Å². The number of fused-ring (bicyclic) bond motifs is 2. The number of furan rings is 1. The highest BCUT2D eigenvalue weighted by Crippen LogP contribution is 2.41. The summed E-state index contributed by atoms with van der Waals surface area (Å²) in [7, 11) is 0. The fraction of sp³-hybridized carbons (Fsp3) is 0.341. The van der Waals surface area contributed by atoms with Crippen molar-refractivity contribution < 1.29 is 14.0 Å². The lowest BCUT2D eigenvalue weighted by atomic mass is 9.85. The van der Waals surface area contributed by atoms with Gasteiger partial charge in [0.25, 0.3) is 5.91 Å². The van der Waals surface area contributed by atoms with E-state index in [1.165, 1.54) is 5.56 Å². The molecule has 0 aliphatic carbocycles. The Morgan fingerprint density at radius 2 is 1.53 bits per heavy atom. The van der Waals surface area contributed by atoms with Crippen LogP contribution in [0.2, 0.25) is 0 Å². The highest BCUT2D eigenvalue weighted by molar-refractivity contribution is 5.99. The van der Waals surface area contributed by atoms with Crippen molar-refractivity contribution in [3.8, 4) is 17.0 Å². The Bertz CT molecular complexity index is 1940. The quantitative estimate of drug-likeness (QED) is 0.183. The van der Waals surface area contributed by atoms with Crippen molar-refractivity contribution in [2.24, 2.45) is 5.92 Å². The Balaban J connectivity index is 0.967. The minimum Gasteiger partial charge on any atom is -0.461 e. The summed E-state index contributed by atoms with van der Waals surface area (Å²) in [5.41, 5.74) is 6.39. The Kier molecular flexibility index (Phi) is 8.65. The summed E-state index contributed by atoms with van der Waals surface area (Å²) >= 11 is 0. The zero-order valence-corrected chi connectivity index (χ0v) is 29.0. The molecule has 3 aromatic carbocycles. The summed E-state index contributed by atoms with van der Waals surface area (Å²) < 4.78 is 7.81. The summed E-state index contributed by atoms with van der Waals surface area (Å²) in [6.45, 7) is 10.3. The van der Waals surface area contributed by atoms with E-state index in [9.17, 15) is 9.59 Å². The van der Waals surface area contributed by atoms with Crippen LogP contribution in [0.1, 0.15) is 79.4 Å². The van der Waals surface area contributed by atoms with E-state index < -0.39 is 0 Å². The minimum absolute atomic E-state index is 0.0969. The van der Waals surface area contributed by atoms with Gasteiger partial charge in [0.2, 0.25) is 0 Å². The summed E-state index contributed by atoms with van der Waals surface area (Å²) in [5, 5.41) is 10.8. The van der Waals surface area contributed by atoms with Crippen LogP contribution in [0, 0.1) is 19.8 Å². The van der Waals surface area contributed by atoms with Gasteiger partial charge in [-0.25, -0.2) is 9.48 Å². The van der Waals surface area contributed by atoms with Gasteiger partial charge in [-0.15, -0.1) is 0 Å². The molecule has 2 aliphatic heterocycles. The van der Waals surface area contributed by atoms with Crippen LogP contribution in [0.25, 0.3) is 17.0 Å². The Morgan fingerprint density at radius 1 is 0.857 bits per heavy atom. The number of hydrogen-bond acceptors (Lipinski definition) is 4. The first-order chi connectivity index (χ1) is 23.5. The van der Waals surface area contributed by atoms with Crippen molar-refractivity contribution in [3.05, 3.63) is 119 Å². The van der Waals surface area contributed by atoms with E-state index in [1.807, 2.05) is 92.7 Å². The molecular weight excluding hydrogens is 610 g/mol. The molecule has 5 aromatic rings. The number of nitrogens with zero attached hydrogens (tertiary/aromatic N) is 3. The molecule has 2 aromatic heterocycles. The van der Waals surface area contributed by atoms with E-state index >= 15 is 0 Å². The van der Waals surface area contributed by atoms with Crippen molar-refractivity contribution in [1.29, 1.82) is 0 Å². The third-order valence-corrected chi connectivity index (χ3v) is 10.0. The molecule has 8 nitrogen and oxygen atoms in total. The van der Waals surface area contributed by atoms with Crippen molar-refractivity contribution in [1.82, 2.24) is 14.7 Å². The summed E-state index contributed by atoms with van der Waals surface area (Å²) in [5.74, 6) is 2.64. The van der Waals surface area contributed by atoms with Gasteiger partial charge < -0.3 is 14.6 Å². The second-order valence-corrected chi connectivity index (χ2v) is 14.8. The predicted molar refractivity (Wildman–Crippen MR) is 194 cm³/mol. The van der Waals surface area contributed by atoms with E-state index in [-0.39, 0.29) is 29.4 Å². The summed E-state index contributed by atoms with van der Waals surface area (Å²) in [6.07, 6.45) is 5.05. The fourth-order valence-corrected chi connectivity index (χ4v) is 7.42. The van der Waals surface area contributed by atoms with Gasteiger partial charge in [0.05, 0.1) is 16.9 Å². The van der Waals surface area contributed by atoms with E-state index in [0.29, 0.717) is 23.1 Å². The van der Waals surface area contributed by atoms with Crippen LogP contribution in [0.15, 0.2) is 95.4 Å². The molecule has 4 heterocycles. The molecular formula is C41H45N5O3. The van der Waals surface area contributed by atoms with E-state index in [2.05, 4.69) is 48.4 Å². The van der Waals surface area contributed by atoms with Gasteiger partial charge >= 0.3 is 6.03 Å². The molecule has 252 valence electrons. The molecule has 2 N–H and O–H groups in total. The molecule has 3 amide bonds. The smallest absolute Gasteiger partial charge is 0.324 e. The minimum atomic E-state index is -0.321. The molecule has 0 spiro atoms. The second-order valence-electron chi connectivity index (χ2n) is 14.8. The van der Waals surface area contributed by atoms with Gasteiger partial charge in [0.1, 0.15) is 17.3 Å². The monoisotopic (exact) mass is 655 g/mol. The van der Waals surface area contributed by atoms with Crippen LogP contribution < -0.4 is 10.6 Å². The number of carbonyl (C=O) groups is 2. The fourth-order valence-electron chi connectivity index (χ4n) is 7.42. The van der Waals surface area contributed by atoms with Crippen LogP contribution in [-0.2, 0) is 11.8 Å². The maximum absolute atomic E-state index is 13.8. The van der Waals surface area contributed by atoms with Gasteiger partial charge in [0.15, 0.2) is 0 Å². The van der Waals surface area contributed by atoms with Crippen molar-refractivity contribution in [3.63, 3.8) is 0 Å². The molecule has 0 radical (unpaired) electrons. The van der Waals surface area contributed by atoms with Crippen LogP contribution in [0.3, 0.4) is 0 Å². The third-order valence-electron chi connectivity index (χ3n) is 10.0. The number of rotatable bonds is 7. The standard InChI is InChI=1S/C41H45N5O3/c1-26-11-17-32(18-12-26)46-38(25-37(44-46)41(3,4)5)43-40(48)42-31-15-13-28(14-16-31)21-29-22-33-19-20-34(23-29)45(33)39(47)35-24-36(49-27(35)2)30-9-7-6-8-10-30/h6-18,24-25,29,33-34H,19-23H2,1-5H3,(H2,42,43,48). The Morgan fingerprint density at radius 3 is 2.18 bits per heavy atom. The van der Waals surface area contributed by atoms with Gasteiger partial charge in [-0.2, -0.15) is 5.10 Å². The lowest BCUT2D eigenvalue weighted by Crippen LogP contribution is -2.47. The highest BCUT2D eigenvalue weighted by atomic mass is 16.3. The average Bonchev–Trinajstić information content (AvgIpc) is 3.76. The molecule has 8 heteroatoms. The topological polar surface area (TPSA) is 92.4 Å². The number of benzene rings is 3. The molecule has 2 aliphatic rings. The summed E-state index contributed by atoms with van der Waals surface area (Å²) in [6, 6.07) is 30.2. The number of aromatic nitrogens is 2. The Hall–Kier alpha value is -5.11. The Labute approximate surface area is 288 Å². The van der Waals surface area contributed by atoms with Gasteiger partial charge in [0, 0.05) is 34.8 Å². The largest absolute Gasteiger partial charge is 0.461 e. The van der Waals surface area contributed by atoms with E-state index in [0.717, 1.165) is 66.1 Å². The molecule has 2 atom stereocenters. The van der Waals surface area contributed by atoms with E-state index in [1.54, 1.807) is 4.68 Å². The maximum Gasteiger partial charge on any atom is 0.324 e. The second kappa shape index (κ2) is 13.1. The van der Waals surface area contributed by atoms with Gasteiger partial charge in [-0.1, -0.05) is 80.9 Å². The SMILES string of the molecule is Cc1ccc(-n2nc(C(C)(C)C)cc2NC(=O)Nc2ccc(CC3CC4CCC(C3)N4C(=O)c3cc(-c4ccccc4)oc3C)cc2)cc1. The molecule has 2 bridgehead atoms. The number of anilines is 2. The first-order valence-corrected chi connectivity index (χ1v) is 17.3. The number of nitrogens with one attached hydrogen (secondary N) is 2. The molecule has 2 fully saturated rings. The van der Waals surface area contributed by atoms with Crippen LogP contribution in [0.5, 0.6) is 0 Å². The van der Waals surface area contributed by atoms with Crippen molar-refractivity contribution in [2.75, 3.05) is 10.6 Å². The first kappa shape index (κ1) is 32.4. The molecule has 0 saturated carbocycles. The van der Waals surface area contributed by atoms with Gasteiger partial charge in [-0.05, 0) is 87.8 Å². The average molecular weight is 656 g/mol. The maximum atomic E-state index is 13.8. The third kappa shape index (κ3) is 6.91. The lowest BCUT2D eigenvalue weighted by Gasteiger charge is -2.39. The van der Waals surface area contributed by atoms with Crippen LogP contribution >= 0.6 is 0 Å². The number of piperidine rings is 1. The number of urea groups is 1. The normalized spacial score (nSPS) is 18.8. The summed E-state index contributed by atoms with van der Waals surface area (Å²) in [4.78, 5) is 29.1. The zero-order chi connectivity index (χ0) is 34.3. The first-order valence-electron chi connectivity index (χ1n) is 17.3. The number of hydrogen-bond donors (Lipinski definition) is 2. The molecule has 2 saturated heterocycles. The molecule has 7 rings (SSSR count). The van der Waals surface area contributed by atoms with Crippen molar-refractivity contribution >= 4 is 23.4 Å². The number of amides is 3. The zero-order valence-electron chi connectivity index (χ0n) is 29.0. The van der Waals surface area contributed by atoms with Gasteiger partial charge in [-0.3, -0.25) is 10.1 Å². The molecule has 2 unspecified atom stereocenters. The highest BCUT2D eigenvalue weighted by Gasteiger charge is 2.44.